The number of carbonyl (C=O) groups excluding carboxylic acids is 1. The molecule has 16 heavy (non-hydrogen) atoms. The van der Waals surface area contributed by atoms with E-state index in [4.69, 9.17) is 11.6 Å². The fourth-order valence-electron chi connectivity index (χ4n) is 1.86. The van der Waals surface area contributed by atoms with E-state index in [0.717, 1.165) is 12.1 Å². The third-order valence-corrected chi connectivity index (χ3v) is 3.03. The van der Waals surface area contributed by atoms with Gasteiger partial charge < -0.3 is 5.32 Å². The van der Waals surface area contributed by atoms with Crippen LogP contribution < -0.4 is 10.6 Å². The van der Waals surface area contributed by atoms with Gasteiger partial charge in [0.05, 0.1) is 0 Å². The second-order valence-electron chi connectivity index (χ2n) is 4.71. The molecule has 0 aromatic heterocycles. The minimum Gasteiger partial charge on any atom is -0.348 e. The van der Waals surface area contributed by atoms with Gasteiger partial charge in [0.25, 0.3) is 0 Å². The van der Waals surface area contributed by atoms with Gasteiger partial charge in [-0.25, -0.2) is 0 Å². The molecule has 0 aliphatic carbocycles. The molecule has 0 radical (unpaired) electrons. The van der Waals surface area contributed by atoms with Crippen molar-refractivity contribution in [3.05, 3.63) is 34.9 Å². The Morgan fingerprint density at radius 2 is 2.06 bits per heavy atom. The lowest BCUT2D eigenvalue weighted by Gasteiger charge is -2.36. The van der Waals surface area contributed by atoms with Gasteiger partial charge in [-0.15, -0.1) is 0 Å². The van der Waals surface area contributed by atoms with Gasteiger partial charge in [-0.1, -0.05) is 29.8 Å². The van der Waals surface area contributed by atoms with E-state index in [9.17, 15) is 4.79 Å². The van der Waals surface area contributed by atoms with Gasteiger partial charge in [-0.3, -0.25) is 10.1 Å². The summed E-state index contributed by atoms with van der Waals surface area (Å²) < 4.78 is 0. The summed E-state index contributed by atoms with van der Waals surface area (Å²) in [7, 11) is 0. The fraction of sp³-hybridized carbons (Fsp3) is 0.417. The molecule has 0 bridgehead atoms. The van der Waals surface area contributed by atoms with Crippen molar-refractivity contribution in [2.45, 2.75) is 25.4 Å². The number of carbonyl (C=O) groups is 1. The Bertz CT molecular complexity index is 417. The van der Waals surface area contributed by atoms with Crippen LogP contribution in [0.5, 0.6) is 0 Å². The maximum atomic E-state index is 11.9. The Morgan fingerprint density at radius 3 is 2.69 bits per heavy atom. The Morgan fingerprint density at radius 1 is 1.38 bits per heavy atom. The van der Waals surface area contributed by atoms with Crippen LogP contribution in [0.2, 0.25) is 5.02 Å². The van der Waals surface area contributed by atoms with Crippen LogP contribution in [-0.4, -0.2) is 18.0 Å². The van der Waals surface area contributed by atoms with E-state index in [1.807, 2.05) is 32.0 Å². The molecule has 1 fully saturated rings. The number of halogens is 1. The zero-order valence-corrected chi connectivity index (χ0v) is 10.1. The van der Waals surface area contributed by atoms with Crippen LogP contribution in [0, 0.1) is 0 Å². The van der Waals surface area contributed by atoms with Crippen LogP contribution in [0.1, 0.15) is 25.5 Å². The number of piperazine rings is 1. The first-order valence-electron chi connectivity index (χ1n) is 5.29. The molecule has 0 spiro atoms. The van der Waals surface area contributed by atoms with Gasteiger partial charge >= 0.3 is 0 Å². The summed E-state index contributed by atoms with van der Waals surface area (Å²) in [5, 5.41) is 6.81. The maximum Gasteiger partial charge on any atom is 0.242 e. The molecule has 1 atom stereocenters. The Hall–Kier alpha value is -1.06. The Kier molecular flexibility index (Phi) is 2.91. The largest absolute Gasteiger partial charge is 0.348 e. The lowest BCUT2D eigenvalue weighted by Crippen LogP contribution is -2.59. The van der Waals surface area contributed by atoms with E-state index < -0.39 is 0 Å². The van der Waals surface area contributed by atoms with Crippen molar-refractivity contribution < 1.29 is 4.79 Å². The first-order chi connectivity index (χ1) is 7.49. The number of amides is 1. The summed E-state index contributed by atoms with van der Waals surface area (Å²) in [6, 6.07) is 7.07. The number of nitrogens with one attached hydrogen (secondary N) is 2. The van der Waals surface area contributed by atoms with Gasteiger partial charge in [0.2, 0.25) is 5.91 Å². The van der Waals surface area contributed by atoms with Gasteiger partial charge in [0.1, 0.15) is 6.04 Å². The molecule has 2 rings (SSSR count). The molecule has 4 heteroatoms. The third-order valence-electron chi connectivity index (χ3n) is 2.69. The molecule has 1 unspecified atom stereocenters. The minimum atomic E-state index is -0.346. The van der Waals surface area contributed by atoms with Crippen molar-refractivity contribution >= 4 is 17.5 Å². The quantitative estimate of drug-likeness (QED) is 0.785. The van der Waals surface area contributed by atoms with Crippen molar-refractivity contribution in [1.82, 2.24) is 10.6 Å². The van der Waals surface area contributed by atoms with Crippen LogP contribution >= 0.6 is 11.6 Å². The first-order valence-corrected chi connectivity index (χ1v) is 5.67. The molecule has 0 saturated carbocycles. The van der Waals surface area contributed by atoms with Gasteiger partial charge in [0.15, 0.2) is 0 Å². The minimum absolute atomic E-state index is 0.0237. The van der Waals surface area contributed by atoms with Crippen LogP contribution in [0.3, 0.4) is 0 Å². The molecule has 1 saturated heterocycles. The molecule has 1 aliphatic rings. The van der Waals surface area contributed by atoms with Crippen molar-refractivity contribution in [3.8, 4) is 0 Å². The van der Waals surface area contributed by atoms with Gasteiger partial charge in [-0.05, 0) is 25.5 Å². The Balaban J connectivity index is 2.24. The molecule has 1 amide bonds. The Labute approximate surface area is 100 Å². The zero-order valence-electron chi connectivity index (χ0n) is 9.38. The van der Waals surface area contributed by atoms with E-state index >= 15 is 0 Å². The highest BCUT2D eigenvalue weighted by Gasteiger charge is 2.33. The highest BCUT2D eigenvalue weighted by molar-refractivity contribution is 6.31. The van der Waals surface area contributed by atoms with Gasteiger partial charge in [-0.2, -0.15) is 0 Å². The SMILES string of the molecule is CC1(C)CNC(c2ccccc2Cl)C(=O)N1. The highest BCUT2D eigenvalue weighted by atomic mass is 35.5. The van der Waals surface area contributed by atoms with Crippen molar-refractivity contribution in [2.24, 2.45) is 0 Å². The summed E-state index contributed by atoms with van der Waals surface area (Å²) >= 11 is 6.07. The molecule has 1 aromatic rings. The van der Waals surface area contributed by atoms with Crippen LogP contribution in [0.15, 0.2) is 24.3 Å². The molecular formula is C12H15ClN2O. The lowest BCUT2D eigenvalue weighted by atomic mass is 9.97. The van der Waals surface area contributed by atoms with E-state index in [-0.39, 0.29) is 17.5 Å². The molecule has 1 aliphatic heterocycles. The number of hydrogen-bond donors (Lipinski definition) is 2. The second-order valence-corrected chi connectivity index (χ2v) is 5.12. The van der Waals surface area contributed by atoms with E-state index in [1.54, 1.807) is 6.07 Å². The molecule has 1 heterocycles. The van der Waals surface area contributed by atoms with Crippen molar-refractivity contribution in [1.29, 1.82) is 0 Å². The standard InChI is InChI=1S/C12H15ClN2O/c1-12(2)7-14-10(11(16)15-12)8-5-3-4-6-9(8)13/h3-6,10,14H,7H2,1-2H3,(H,15,16). The summed E-state index contributed by atoms with van der Waals surface area (Å²) in [5.74, 6) is -0.0237. The summed E-state index contributed by atoms with van der Waals surface area (Å²) in [6.07, 6.45) is 0. The maximum absolute atomic E-state index is 11.9. The number of hydrogen-bond acceptors (Lipinski definition) is 2. The first kappa shape index (κ1) is 11.4. The normalized spacial score (nSPS) is 23.9. The zero-order chi connectivity index (χ0) is 11.8. The predicted molar refractivity (Wildman–Crippen MR) is 64.4 cm³/mol. The fourth-order valence-corrected chi connectivity index (χ4v) is 2.11. The topological polar surface area (TPSA) is 41.1 Å². The monoisotopic (exact) mass is 238 g/mol. The summed E-state index contributed by atoms with van der Waals surface area (Å²) in [5.41, 5.74) is 0.631. The smallest absolute Gasteiger partial charge is 0.242 e. The second kappa shape index (κ2) is 4.07. The summed E-state index contributed by atoms with van der Waals surface area (Å²) in [6.45, 7) is 4.70. The molecule has 3 nitrogen and oxygen atoms in total. The van der Waals surface area contributed by atoms with Crippen molar-refractivity contribution in [2.75, 3.05) is 6.54 Å². The van der Waals surface area contributed by atoms with E-state index in [1.165, 1.54) is 0 Å². The van der Waals surface area contributed by atoms with Crippen LogP contribution in [-0.2, 0) is 4.79 Å². The number of rotatable bonds is 1. The molecule has 1 aromatic carbocycles. The van der Waals surface area contributed by atoms with Gasteiger partial charge in [0, 0.05) is 17.1 Å². The van der Waals surface area contributed by atoms with Crippen LogP contribution in [0.4, 0.5) is 0 Å². The van der Waals surface area contributed by atoms with Crippen molar-refractivity contribution in [3.63, 3.8) is 0 Å². The van der Waals surface area contributed by atoms with E-state index in [2.05, 4.69) is 10.6 Å². The summed E-state index contributed by atoms with van der Waals surface area (Å²) in [4.78, 5) is 11.9. The molecule has 86 valence electrons. The lowest BCUT2D eigenvalue weighted by molar-refractivity contribution is -0.126. The predicted octanol–water partition coefficient (Wildman–Crippen LogP) is 1.88. The third kappa shape index (κ3) is 2.20. The van der Waals surface area contributed by atoms with Crippen LogP contribution in [0.25, 0.3) is 0 Å². The average molecular weight is 239 g/mol. The van der Waals surface area contributed by atoms with E-state index in [0.29, 0.717) is 5.02 Å². The molecular weight excluding hydrogens is 224 g/mol. The number of benzene rings is 1. The highest BCUT2D eigenvalue weighted by Crippen LogP contribution is 2.25. The molecule has 2 N–H and O–H groups in total. The average Bonchev–Trinajstić information content (AvgIpc) is 2.18.